The van der Waals surface area contributed by atoms with Crippen LogP contribution in [-0.4, -0.2) is 16.1 Å². The fraction of sp³-hybridized carbons (Fsp3) is 0.308. The molecule has 1 aromatic heterocycles. The predicted molar refractivity (Wildman–Crippen MR) is 65.1 cm³/mol. The van der Waals surface area contributed by atoms with Crippen molar-refractivity contribution >= 4 is 0 Å². The molecule has 2 aromatic rings. The van der Waals surface area contributed by atoms with Gasteiger partial charge in [-0.25, -0.2) is 4.98 Å². The van der Waals surface area contributed by atoms with Crippen molar-refractivity contribution in [1.29, 1.82) is 0 Å². The van der Waals surface area contributed by atoms with Gasteiger partial charge in [0.2, 0.25) is 0 Å². The molecule has 0 atom stereocenters. The summed E-state index contributed by atoms with van der Waals surface area (Å²) < 4.78 is 2.18. The molecule has 0 aliphatic heterocycles. The van der Waals surface area contributed by atoms with Crippen LogP contribution in [-0.2, 0) is 13.0 Å². The van der Waals surface area contributed by atoms with Gasteiger partial charge < -0.3 is 10.3 Å². The van der Waals surface area contributed by atoms with Crippen molar-refractivity contribution in [2.45, 2.75) is 19.4 Å². The molecule has 0 bridgehead atoms. The first kappa shape index (κ1) is 10.9. The normalized spacial score (nSPS) is 10.6. The smallest absolute Gasteiger partial charge is 0.113 e. The van der Waals surface area contributed by atoms with Gasteiger partial charge >= 0.3 is 0 Å². The molecule has 0 aliphatic rings. The van der Waals surface area contributed by atoms with Crippen molar-refractivity contribution in [3.8, 4) is 0 Å². The Labute approximate surface area is 95.9 Å². The molecule has 0 radical (unpaired) electrons. The first-order chi connectivity index (χ1) is 7.90. The van der Waals surface area contributed by atoms with Gasteiger partial charge in [-0.15, -0.1) is 0 Å². The van der Waals surface area contributed by atoms with Gasteiger partial charge in [-0.3, -0.25) is 0 Å². The van der Waals surface area contributed by atoms with Gasteiger partial charge in [0.15, 0.2) is 0 Å². The Balaban J connectivity index is 2.07. The van der Waals surface area contributed by atoms with Crippen LogP contribution in [0.3, 0.4) is 0 Å². The highest BCUT2D eigenvalue weighted by Gasteiger charge is 2.02. The van der Waals surface area contributed by atoms with E-state index in [9.17, 15) is 0 Å². The summed E-state index contributed by atoms with van der Waals surface area (Å²) in [6.45, 7) is 1.68. The van der Waals surface area contributed by atoms with Crippen LogP contribution in [0.25, 0.3) is 0 Å². The van der Waals surface area contributed by atoms with E-state index in [2.05, 4.69) is 33.8 Å². The van der Waals surface area contributed by atoms with E-state index in [-0.39, 0.29) is 0 Å². The second kappa shape index (κ2) is 5.47. The van der Waals surface area contributed by atoms with Crippen LogP contribution < -0.4 is 5.73 Å². The summed E-state index contributed by atoms with van der Waals surface area (Å²) in [6.07, 6.45) is 5.76. The van der Waals surface area contributed by atoms with Gasteiger partial charge in [-0.2, -0.15) is 0 Å². The topological polar surface area (TPSA) is 43.8 Å². The minimum Gasteiger partial charge on any atom is -0.335 e. The molecule has 0 saturated heterocycles. The highest BCUT2D eigenvalue weighted by atomic mass is 15.1. The molecule has 0 unspecified atom stereocenters. The van der Waals surface area contributed by atoms with Gasteiger partial charge in [0.25, 0.3) is 0 Å². The maximum absolute atomic E-state index is 5.51. The third kappa shape index (κ3) is 2.70. The summed E-state index contributed by atoms with van der Waals surface area (Å²) in [5.74, 6) is 1.11. The molecule has 16 heavy (non-hydrogen) atoms. The molecule has 1 aromatic carbocycles. The standard InChI is InChI=1S/C13H17N3/c14-7-4-9-16-10-8-15-13(16)11-12-5-2-1-3-6-12/h1-3,5-6,8,10H,4,7,9,11,14H2. The summed E-state index contributed by atoms with van der Waals surface area (Å²) in [5.41, 5.74) is 6.81. The van der Waals surface area contributed by atoms with E-state index in [1.165, 1.54) is 5.56 Å². The van der Waals surface area contributed by atoms with E-state index in [1.54, 1.807) is 0 Å². The van der Waals surface area contributed by atoms with Crippen molar-refractivity contribution in [2.24, 2.45) is 5.73 Å². The summed E-state index contributed by atoms with van der Waals surface area (Å²) in [6, 6.07) is 10.4. The molecule has 0 aliphatic carbocycles. The number of benzene rings is 1. The predicted octanol–water partition coefficient (Wildman–Crippen LogP) is 1.82. The number of imidazole rings is 1. The van der Waals surface area contributed by atoms with Crippen LogP contribution in [0, 0.1) is 0 Å². The van der Waals surface area contributed by atoms with E-state index in [4.69, 9.17) is 5.73 Å². The van der Waals surface area contributed by atoms with Crippen LogP contribution in [0.5, 0.6) is 0 Å². The Morgan fingerprint density at radius 1 is 1.19 bits per heavy atom. The number of nitrogens with two attached hydrogens (primary N) is 1. The average molecular weight is 215 g/mol. The quantitative estimate of drug-likeness (QED) is 0.826. The Kier molecular flexibility index (Phi) is 3.72. The average Bonchev–Trinajstić information content (AvgIpc) is 2.75. The molecule has 1 heterocycles. The summed E-state index contributed by atoms with van der Waals surface area (Å²) in [4.78, 5) is 4.39. The molecule has 2 rings (SSSR count). The minimum absolute atomic E-state index is 0.725. The lowest BCUT2D eigenvalue weighted by atomic mass is 10.1. The molecule has 3 heteroatoms. The van der Waals surface area contributed by atoms with Gasteiger partial charge in [0.1, 0.15) is 5.82 Å². The maximum atomic E-state index is 5.51. The summed E-state index contributed by atoms with van der Waals surface area (Å²) in [7, 11) is 0. The van der Waals surface area contributed by atoms with Crippen molar-refractivity contribution in [3.63, 3.8) is 0 Å². The van der Waals surface area contributed by atoms with Crippen molar-refractivity contribution in [1.82, 2.24) is 9.55 Å². The molecule has 3 nitrogen and oxygen atoms in total. The number of hydrogen-bond donors (Lipinski definition) is 1. The maximum Gasteiger partial charge on any atom is 0.113 e. The monoisotopic (exact) mass is 215 g/mol. The van der Waals surface area contributed by atoms with E-state index in [0.29, 0.717) is 0 Å². The third-order valence-corrected chi connectivity index (χ3v) is 2.61. The van der Waals surface area contributed by atoms with Crippen molar-refractivity contribution < 1.29 is 0 Å². The number of rotatable bonds is 5. The lowest BCUT2D eigenvalue weighted by molar-refractivity contribution is 0.624. The van der Waals surface area contributed by atoms with Crippen LogP contribution in [0.2, 0.25) is 0 Å². The number of aryl methyl sites for hydroxylation is 1. The van der Waals surface area contributed by atoms with E-state index >= 15 is 0 Å². The van der Waals surface area contributed by atoms with Crippen LogP contribution in [0.1, 0.15) is 17.8 Å². The van der Waals surface area contributed by atoms with Crippen LogP contribution >= 0.6 is 0 Å². The number of hydrogen-bond acceptors (Lipinski definition) is 2. The molecule has 0 saturated carbocycles. The highest BCUT2D eigenvalue weighted by Crippen LogP contribution is 2.08. The van der Waals surface area contributed by atoms with Crippen LogP contribution in [0.4, 0.5) is 0 Å². The number of nitrogens with zero attached hydrogens (tertiary/aromatic N) is 2. The Morgan fingerprint density at radius 2 is 2.00 bits per heavy atom. The van der Waals surface area contributed by atoms with E-state index < -0.39 is 0 Å². The lowest BCUT2D eigenvalue weighted by Gasteiger charge is -2.06. The first-order valence-corrected chi connectivity index (χ1v) is 5.64. The van der Waals surface area contributed by atoms with E-state index in [0.717, 1.165) is 31.8 Å². The highest BCUT2D eigenvalue weighted by molar-refractivity contribution is 5.19. The Bertz CT molecular complexity index is 420. The SMILES string of the molecule is NCCCn1ccnc1Cc1ccccc1. The molecular weight excluding hydrogens is 198 g/mol. The van der Waals surface area contributed by atoms with Gasteiger partial charge in [0, 0.05) is 25.4 Å². The second-order valence-electron chi connectivity index (χ2n) is 3.84. The molecule has 2 N–H and O–H groups in total. The lowest BCUT2D eigenvalue weighted by Crippen LogP contribution is -2.08. The minimum atomic E-state index is 0.725. The largest absolute Gasteiger partial charge is 0.335 e. The van der Waals surface area contributed by atoms with Crippen LogP contribution in [0.15, 0.2) is 42.7 Å². The van der Waals surface area contributed by atoms with Gasteiger partial charge in [0.05, 0.1) is 0 Å². The number of aromatic nitrogens is 2. The third-order valence-electron chi connectivity index (χ3n) is 2.61. The molecule has 0 amide bonds. The fourth-order valence-corrected chi connectivity index (χ4v) is 1.75. The second-order valence-corrected chi connectivity index (χ2v) is 3.84. The van der Waals surface area contributed by atoms with Crippen molar-refractivity contribution in [3.05, 3.63) is 54.1 Å². The zero-order valence-electron chi connectivity index (χ0n) is 9.34. The van der Waals surface area contributed by atoms with Gasteiger partial charge in [-0.05, 0) is 18.5 Å². The fourth-order valence-electron chi connectivity index (χ4n) is 1.75. The van der Waals surface area contributed by atoms with Crippen molar-refractivity contribution in [2.75, 3.05) is 6.54 Å². The van der Waals surface area contributed by atoms with Gasteiger partial charge in [-0.1, -0.05) is 30.3 Å². The molecule has 0 fully saturated rings. The molecule has 84 valence electrons. The zero-order valence-corrected chi connectivity index (χ0v) is 9.34. The molecular formula is C13H17N3. The molecule has 0 spiro atoms. The summed E-state index contributed by atoms with van der Waals surface area (Å²) >= 11 is 0. The first-order valence-electron chi connectivity index (χ1n) is 5.64. The Morgan fingerprint density at radius 3 is 2.75 bits per heavy atom. The summed E-state index contributed by atoms with van der Waals surface area (Å²) in [5, 5.41) is 0. The Hall–Kier alpha value is -1.61. The zero-order chi connectivity index (χ0) is 11.2. The van der Waals surface area contributed by atoms with E-state index in [1.807, 2.05) is 18.5 Å².